The number of benzene rings is 2. The summed E-state index contributed by atoms with van der Waals surface area (Å²) in [6, 6.07) is 16.1. The Morgan fingerprint density at radius 3 is 2.28 bits per heavy atom. The Morgan fingerprint density at radius 1 is 1.03 bits per heavy atom. The van der Waals surface area contributed by atoms with Crippen LogP contribution in [0, 0.1) is 13.8 Å². The molecule has 5 heteroatoms. The SMILES string of the molecule is CCC(C(=O)NC)N(CCc1ccccc1)C(=O)CSCc1cc(C)cc(C)c1. The molecule has 1 N–H and O–H groups in total. The zero-order valence-electron chi connectivity index (χ0n) is 17.9. The third-order valence-corrected chi connectivity index (χ3v) is 5.88. The van der Waals surface area contributed by atoms with Crippen molar-refractivity contribution in [3.05, 3.63) is 70.8 Å². The molecule has 4 nitrogen and oxygen atoms in total. The van der Waals surface area contributed by atoms with Gasteiger partial charge in [-0.15, -0.1) is 11.8 Å². The van der Waals surface area contributed by atoms with Crippen molar-refractivity contribution in [2.75, 3.05) is 19.3 Å². The van der Waals surface area contributed by atoms with Crippen molar-refractivity contribution in [1.82, 2.24) is 10.2 Å². The molecule has 2 aromatic rings. The van der Waals surface area contributed by atoms with E-state index in [2.05, 4.69) is 49.5 Å². The van der Waals surface area contributed by atoms with Gasteiger partial charge >= 0.3 is 0 Å². The van der Waals surface area contributed by atoms with E-state index in [1.54, 1.807) is 23.7 Å². The molecule has 0 heterocycles. The summed E-state index contributed by atoms with van der Waals surface area (Å²) in [6.07, 6.45) is 1.34. The molecule has 0 saturated heterocycles. The smallest absolute Gasteiger partial charge is 0.242 e. The summed E-state index contributed by atoms with van der Waals surface area (Å²) in [4.78, 5) is 27.1. The maximum atomic E-state index is 13.0. The second kappa shape index (κ2) is 11.7. The first-order valence-electron chi connectivity index (χ1n) is 10.1. The van der Waals surface area contributed by atoms with Crippen LogP contribution < -0.4 is 5.32 Å². The highest BCUT2D eigenvalue weighted by molar-refractivity contribution is 7.99. The molecule has 2 amide bonds. The van der Waals surface area contributed by atoms with Gasteiger partial charge in [0.05, 0.1) is 5.75 Å². The third kappa shape index (κ3) is 7.24. The first kappa shape index (κ1) is 23.0. The molecule has 0 bridgehead atoms. The zero-order valence-corrected chi connectivity index (χ0v) is 18.7. The molecule has 2 aromatic carbocycles. The lowest BCUT2D eigenvalue weighted by molar-refractivity contribution is -0.138. The molecular weight excluding hydrogens is 380 g/mol. The molecule has 0 aromatic heterocycles. The molecule has 0 saturated carbocycles. The van der Waals surface area contributed by atoms with Crippen LogP contribution in [0.25, 0.3) is 0 Å². The molecule has 29 heavy (non-hydrogen) atoms. The molecule has 156 valence electrons. The number of thioether (sulfide) groups is 1. The first-order chi connectivity index (χ1) is 13.9. The fraction of sp³-hybridized carbons (Fsp3) is 0.417. The van der Waals surface area contributed by atoms with Gasteiger partial charge in [-0.2, -0.15) is 0 Å². The number of likely N-dealkylation sites (N-methyl/N-ethyl adjacent to an activating group) is 1. The molecule has 0 aliphatic heterocycles. The fourth-order valence-electron chi connectivity index (χ4n) is 3.55. The third-order valence-electron chi connectivity index (χ3n) is 4.89. The summed E-state index contributed by atoms with van der Waals surface area (Å²) in [7, 11) is 1.62. The number of carbonyl (C=O) groups is 2. The summed E-state index contributed by atoms with van der Waals surface area (Å²) in [5.74, 6) is 1.08. The van der Waals surface area contributed by atoms with Crippen molar-refractivity contribution in [1.29, 1.82) is 0 Å². The predicted molar refractivity (Wildman–Crippen MR) is 122 cm³/mol. The summed E-state index contributed by atoms with van der Waals surface area (Å²) in [5, 5.41) is 2.70. The van der Waals surface area contributed by atoms with Gasteiger partial charge < -0.3 is 10.2 Å². The number of nitrogens with zero attached hydrogens (tertiary/aromatic N) is 1. The van der Waals surface area contributed by atoms with E-state index in [-0.39, 0.29) is 11.8 Å². The fourth-order valence-corrected chi connectivity index (χ4v) is 4.40. The molecule has 1 unspecified atom stereocenters. The zero-order chi connectivity index (χ0) is 21.2. The van der Waals surface area contributed by atoms with Crippen molar-refractivity contribution in [3.8, 4) is 0 Å². The van der Waals surface area contributed by atoms with Gasteiger partial charge in [0.15, 0.2) is 0 Å². The van der Waals surface area contributed by atoms with Crippen LogP contribution in [0.1, 0.15) is 35.6 Å². The lowest BCUT2D eigenvalue weighted by atomic mass is 10.1. The van der Waals surface area contributed by atoms with Gasteiger partial charge in [0.25, 0.3) is 0 Å². The van der Waals surface area contributed by atoms with Crippen LogP contribution in [-0.4, -0.2) is 42.1 Å². The first-order valence-corrected chi connectivity index (χ1v) is 11.3. The van der Waals surface area contributed by atoms with Gasteiger partial charge in [0.2, 0.25) is 11.8 Å². The minimum atomic E-state index is -0.432. The van der Waals surface area contributed by atoms with Crippen molar-refractivity contribution in [2.45, 2.75) is 45.4 Å². The average molecular weight is 413 g/mol. The molecule has 1 atom stereocenters. The predicted octanol–water partition coefficient (Wildman–Crippen LogP) is 4.13. The topological polar surface area (TPSA) is 49.4 Å². The number of rotatable bonds is 10. The number of amides is 2. The quantitative estimate of drug-likeness (QED) is 0.638. The highest BCUT2D eigenvalue weighted by atomic mass is 32.2. The second-order valence-corrected chi connectivity index (χ2v) is 8.34. The van der Waals surface area contributed by atoms with E-state index in [0.717, 1.165) is 12.2 Å². The van der Waals surface area contributed by atoms with E-state index in [4.69, 9.17) is 0 Å². The van der Waals surface area contributed by atoms with Crippen LogP contribution in [0.4, 0.5) is 0 Å². The van der Waals surface area contributed by atoms with Crippen LogP contribution in [0.2, 0.25) is 0 Å². The van der Waals surface area contributed by atoms with Crippen LogP contribution in [0.15, 0.2) is 48.5 Å². The van der Waals surface area contributed by atoms with Crippen molar-refractivity contribution < 1.29 is 9.59 Å². The van der Waals surface area contributed by atoms with Crippen molar-refractivity contribution in [2.24, 2.45) is 0 Å². The van der Waals surface area contributed by atoms with Crippen LogP contribution in [-0.2, 0) is 21.8 Å². The van der Waals surface area contributed by atoms with Gasteiger partial charge in [-0.25, -0.2) is 0 Å². The maximum absolute atomic E-state index is 13.0. The summed E-state index contributed by atoms with van der Waals surface area (Å²) in [5.41, 5.74) is 4.87. The van der Waals surface area contributed by atoms with Crippen LogP contribution in [0.3, 0.4) is 0 Å². The molecular formula is C24H32N2O2S. The maximum Gasteiger partial charge on any atom is 0.242 e. The monoisotopic (exact) mass is 412 g/mol. The molecule has 0 aliphatic carbocycles. The Bertz CT molecular complexity index is 788. The van der Waals surface area contributed by atoms with Crippen LogP contribution in [0.5, 0.6) is 0 Å². The lowest BCUT2D eigenvalue weighted by Gasteiger charge is -2.30. The van der Waals surface area contributed by atoms with Crippen molar-refractivity contribution >= 4 is 23.6 Å². The number of nitrogens with one attached hydrogen (secondary N) is 1. The Morgan fingerprint density at radius 2 is 1.69 bits per heavy atom. The van der Waals surface area contributed by atoms with Gasteiger partial charge in [-0.3, -0.25) is 9.59 Å². The van der Waals surface area contributed by atoms with E-state index in [9.17, 15) is 9.59 Å². The Labute approximate surface area is 179 Å². The summed E-state index contributed by atoms with van der Waals surface area (Å²) >= 11 is 1.61. The number of hydrogen-bond donors (Lipinski definition) is 1. The highest BCUT2D eigenvalue weighted by Crippen LogP contribution is 2.18. The molecule has 0 spiro atoms. The summed E-state index contributed by atoms with van der Waals surface area (Å²) < 4.78 is 0. The largest absolute Gasteiger partial charge is 0.357 e. The van der Waals surface area contributed by atoms with E-state index in [1.807, 2.05) is 25.1 Å². The number of aryl methyl sites for hydroxylation is 2. The van der Waals surface area contributed by atoms with Gasteiger partial charge in [0, 0.05) is 19.3 Å². The second-order valence-electron chi connectivity index (χ2n) is 7.35. The Kier molecular flexibility index (Phi) is 9.26. The van der Waals surface area contributed by atoms with Gasteiger partial charge in [-0.1, -0.05) is 66.6 Å². The van der Waals surface area contributed by atoms with E-state index in [0.29, 0.717) is 18.7 Å². The standard InChI is InChI=1S/C24H32N2O2S/c1-5-22(24(28)25-4)26(12-11-20-9-7-6-8-10-20)23(27)17-29-16-21-14-18(2)13-19(3)15-21/h6-10,13-15,22H,5,11-12,16-17H2,1-4H3,(H,25,28). The Balaban J connectivity index is 2.03. The van der Waals surface area contributed by atoms with Crippen LogP contribution >= 0.6 is 11.8 Å². The molecule has 2 rings (SSSR count). The van der Waals surface area contributed by atoms with E-state index < -0.39 is 6.04 Å². The normalized spacial score (nSPS) is 11.7. The molecule has 0 fully saturated rings. The van der Waals surface area contributed by atoms with E-state index >= 15 is 0 Å². The number of carbonyl (C=O) groups excluding carboxylic acids is 2. The number of hydrogen-bond acceptors (Lipinski definition) is 3. The minimum Gasteiger partial charge on any atom is -0.357 e. The average Bonchev–Trinajstić information content (AvgIpc) is 2.70. The Hall–Kier alpha value is -2.27. The highest BCUT2D eigenvalue weighted by Gasteiger charge is 2.27. The van der Waals surface area contributed by atoms with E-state index in [1.165, 1.54) is 22.3 Å². The van der Waals surface area contributed by atoms with Crippen molar-refractivity contribution in [3.63, 3.8) is 0 Å². The molecule has 0 radical (unpaired) electrons. The van der Waals surface area contributed by atoms with Gasteiger partial charge in [-0.05, 0) is 37.8 Å². The van der Waals surface area contributed by atoms with Gasteiger partial charge in [0.1, 0.15) is 6.04 Å². The minimum absolute atomic E-state index is 0.0192. The molecule has 0 aliphatic rings. The summed E-state index contributed by atoms with van der Waals surface area (Å²) in [6.45, 7) is 6.67. The lowest BCUT2D eigenvalue weighted by Crippen LogP contribution is -2.50.